The molecule has 0 atom stereocenters. The average Bonchev–Trinajstić information content (AvgIpc) is 3.23. The molecule has 3 N–H and O–H groups in total. The number of nitrogens with zero attached hydrogens (tertiary/aromatic N) is 1. The smallest absolute Gasteiger partial charge is 0.291 e. The largest absolute Gasteiger partial charge is 0.328 e. The fourth-order valence-corrected chi connectivity index (χ4v) is 9.45. The highest BCUT2D eigenvalue weighted by Crippen LogP contribution is 2.27. The van der Waals surface area contributed by atoms with Crippen LogP contribution in [0.4, 0.5) is 0 Å². The Morgan fingerprint density at radius 2 is 0.400 bits per heavy atom. The van der Waals surface area contributed by atoms with Crippen LogP contribution in [-0.4, -0.2) is 15.8 Å². The summed E-state index contributed by atoms with van der Waals surface area (Å²) in [5.41, 5.74) is 7.39. The number of hydrogen-bond donors (Lipinski definition) is 2. The Balaban J connectivity index is 0. The first-order chi connectivity index (χ1) is 29.4. The molecule has 0 aromatic rings. The topological polar surface area (TPSA) is 89.4 Å². The van der Waals surface area contributed by atoms with Crippen molar-refractivity contribution >= 4 is 0 Å². The van der Waals surface area contributed by atoms with Crippen LogP contribution in [0.2, 0.25) is 0 Å². The van der Waals surface area contributed by atoms with Gasteiger partial charge in [0.15, 0.2) is 0 Å². The van der Waals surface area contributed by atoms with Crippen molar-refractivity contribution in [2.24, 2.45) is 5.73 Å². The minimum atomic E-state index is -1.50. The highest BCUT2D eigenvalue weighted by atomic mass is 16.9. The lowest BCUT2D eigenvalue weighted by Gasteiger charge is -2.30. The second kappa shape index (κ2) is 54.3. The number of hydrogen-bond acceptors (Lipinski definition) is 3. The standard InChI is InChI=1S/C55H113N.HNO3/c1-4-7-10-13-16-19-22-25-28-31-34-37-40-43-46-49-52-55(56,53-50-47-44-41-38-35-32-29-26-23-20-17-14-11-8-5-2)54-51-48-45-42-39-36-33-30-27-24-21-18-15-12-9-6-3;2-1(3)4/h4-54,56H2,1-3H3;(H,2,3,4). The average molecular weight is 852 g/mol. The zero-order chi connectivity index (χ0) is 44.1. The van der Waals surface area contributed by atoms with Gasteiger partial charge in [-0.2, -0.15) is 0 Å². The molecule has 0 spiro atoms. The first-order valence-corrected chi connectivity index (χ1v) is 28.0. The maximum Gasteiger partial charge on any atom is 0.291 e. The maximum absolute atomic E-state index is 8.36. The third-order valence-corrected chi connectivity index (χ3v) is 13.6. The van der Waals surface area contributed by atoms with Crippen LogP contribution in [0.25, 0.3) is 0 Å². The van der Waals surface area contributed by atoms with E-state index in [2.05, 4.69) is 20.8 Å². The molecule has 5 heteroatoms. The fraction of sp³-hybridized carbons (Fsp3) is 1.00. The summed E-state index contributed by atoms with van der Waals surface area (Å²) in [6.07, 6.45) is 73.4. The summed E-state index contributed by atoms with van der Waals surface area (Å²) in [5, 5.41) is 13.6. The van der Waals surface area contributed by atoms with Crippen molar-refractivity contribution in [3.8, 4) is 0 Å². The van der Waals surface area contributed by atoms with Gasteiger partial charge in [-0.1, -0.05) is 329 Å². The van der Waals surface area contributed by atoms with Crippen molar-refractivity contribution in [3.05, 3.63) is 10.1 Å². The van der Waals surface area contributed by atoms with E-state index in [4.69, 9.17) is 21.1 Å². The molecule has 0 saturated carbocycles. The quantitative estimate of drug-likeness (QED) is 0.0362. The van der Waals surface area contributed by atoms with Gasteiger partial charge in [0.2, 0.25) is 0 Å². The van der Waals surface area contributed by atoms with Crippen molar-refractivity contribution in [1.82, 2.24) is 0 Å². The Labute approximate surface area is 378 Å². The monoisotopic (exact) mass is 851 g/mol. The van der Waals surface area contributed by atoms with Gasteiger partial charge in [0.05, 0.1) is 0 Å². The molecule has 0 rings (SSSR count). The molecular formula is C55H114N2O3. The van der Waals surface area contributed by atoms with Gasteiger partial charge in [-0.05, 0) is 19.3 Å². The second-order valence-electron chi connectivity index (χ2n) is 19.8. The second-order valence-corrected chi connectivity index (χ2v) is 19.8. The van der Waals surface area contributed by atoms with E-state index < -0.39 is 5.09 Å². The number of rotatable bonds is 51. The van der Waals surface area contributed by atoms with Crippen LogP contribution < -0.4 is 5.73 Å². The van der Waals surface area contributed by atoms with Gasteiger partial charge < -0.3 is 10.9 Å². The summed E-state index contributed by atoms with van der Waals surface area (Å²) in [7, 11) is 0. The molecule has 0 aromatic heterocycles. The molecule has 0 aliphatic carbocycles. The molecule has 0 aliphatic rings. The predicted molar refractivity (Wildman–Crippen MR) is 268 cm³/mol. The summed E-state index contributed by atoms with van der Waals surface area (Å²) in [5.74, 6) is 0. The van der Waals surface area contributed by atoms with Crippen LogP contribution in [0, 0.1) is 10.1 Å². The van der Waals surface area contributed by atoms with Gasteiger partial charge in [-0.3, -0.25) is 0 Å². The van der Waals surface area contributed by atoms with E-state index in [1.807, 2.05) is 0 Å². The highest BCUT2D eigenvalue weighted by Gasteiger charge is 2.23. The first-order valence-electron chi connectivity index (χ1n) is 28.0. The van der Waals surface area contributed by atoms with Crippen LogP contribution in [-0.2, 0) is 0 Å². The van der Waals surface area contributed by atoms with Crippen LogP contribution in [0.3, 0.4) is 0 Å². The summed E-state index contributed by atoms with van der Waals surface area (Å²) in [6, 6.07) is 0. The van der Waals surface area contributed by atoms with E-state index in [1.54, 1.807) is 0 Å². The zero-order valence-corrected chi connectivity index (χ0v) is 41.9. The van der Waals surface area contributed by atoms with Crippen LogP contribution in [0.1, 0.15) is 348 Å². The molecule has 0 saturated heterocycles. The minimum Gasteiger partial charge on any atom is -0.328 e. The van der Waals surface area contributed by atoms with Gasteiger partial charge in [0.25, 0.3) is 5.09 Å². The van der Waals surface area contributed by atoms with Crippen molar-refractivity contribution in [2.45, 2.75) is 354 Å². The van der Waals surface area contributed by atoms with Gasteiger partial charge in [-0.25, -0.2) is 0 Å². The van der Waals surface area contributed by atoms with E-state index in [9.17, 15) is 0 Å². The van der Waals surface area contributed by atoms with Crippen molar-refractivity contribution < 1.29 is 10.3 Å². The van der Waals surface area contributed by atoms with E-state index in [-0.39, 0.29) is 5.54 Å². The van der Waals surface area contributed by atoms with Crippen molar-refractivity contribution in [3.63, 3.8) is 0 Å². The van der Waals surface area contributed by atoms with Gasteiger partial charge >= 0.3 is 0 Å². The third kappa shape index (κ3) is 57.2. The number of unbranched alkanes of at least 4 members (excludes halogenated alkanes) is 45. The normalized spacial score (nSPS) is 11.6. The van der Waals surface area contributed by atoms with Gasteiger partial charge in [0, 0.05) is 5.54 Å². The predicted octanol–water partition coefficient (Wildman–Crippen LogP) is 20.3. The lowest BCUT2D eigenvalue weighted by atomic mass is 9.82. The Bertz CT molecular complexity index is 684. The van der Waals surface area contributed by atoms with Crippen LogP contribution in [0.15, 0.2) is 0 Å². The molecule has 0 aromatic carbocycles. The molecule has 0 fully saturated rings. The Morgan fingerprint density at radius 1 is 0.300 bits per heavy atom. The van der Waals surface area contributed by atoms with E-state index in [0.29, 0.717) is 0 Å². The molecule has 0 radical (unpaired) electrons. The molecule has 60 heavy (non-hydrogen) atoms. The van der Waals surface area contributed by atoms with Crippen LogP contribution >= 0.6 is 0 Å². The molecule has 5 nitrogen and oxygen atoms in total. The van der Waals surface area contributed by atoms with Gasteiger partial charge in [-0.15, -0.1) is 10.1 Å². The molecule has 0 unspecified atom stereocenters. The van der Waals surface area contributed by atoms with E-state index in [0.717, 1.165) is 0 Å². The van der Waals surface area contributed by atoms with Gasteiger partial charge in [0.1, 0.15) is 0 Å². The third-order valence-electron chi connectivity index (χ3n) is 13.6. The summed E-state index contributed by atoms with van der Waals surface area (Å²) < 4.78 is 0. The molecule has 0 aliphatic heterocycles. The highest BCUT2D eigenvalue weighted by molar-refractivity contribution is 4.84. The SMILES string of the molecule is CCCCCCCCCCCCCCCCCCC(N)(CCCCCCCCCCCCCCCCCC)CCCCCCCCCCCCCCCCCC.O=[N+]([O-])O. The van der Waals surface area contributed by atoms with Crippen LogP contribution in [0.5, 0.6) is 0 Å². The minimum absolute atomic E-state index is 0.113. The summed E-state index contributed by atoms with van der Waals surface area (Å²) in [6.45, 7) is 6.95. The summed E-state index contributed by atoms with van der Waals surface area (Å²) >= 11 is 0. The Hall–Kier alpha value is -0.840. The molecule has 0 amide bonds. The fourth-order valence-electron chi connectivity index (χ4n) is 9.45. The van der Waals surface area contributed by atoms with E-state index >= 15 is 0 Å². The Kier molecular flexibility index (Phi) is 55.4. The van der Waals surface area contributed by atoms with Crippen molar-refractivity contribution in [2.75, 3.05) is 0 Å². The summed E-state index contributed by atoms with van der Waals surface area (Å²) in [4.78, 5) is 8.36. The lowest BCUT2D eigenvalue weighted by Crippen LogP contribution is -2.39. The Morgan fingerprint density at radius 3 is 0.517 bits per heavy atom. The first kappa shape index (κ1) is 61.2. The lowest BCUT2D eigenvalue weighted by molar-refractivity contribution is -0.742. The molecular weight excluding hydrogens is 737 g/mol. The molecule has 362 valence electrons. The van der Waals surface area contributed by atoms with E-state index in [1.165, 1.54) is 327 Å². The van der Waals surface area contributed by atoms with Crippen molar-refractivity contribution in [1.29, 1.82) is 0 Å². The maximum atomic E-state index is 8.36. The zero-order valence-electron chi connectivity index (χ0n) is 41.9. The molecule has 0 heterocycles. The number of nitrogens with two attached hydrogens (primary N) is 1. The molecule has 0 bridgehead atoms.